The van der Waals surface area contributed by atoms with Gasteiger partial charge in [-0.25, -0.2) is 9.78 Å². The minimum atomic E-state index is -0.435. The van der Waals surface area contributed by atoms with Crippen LogP contribution in [0.15, 0.2) is 18.3 Å². The maximum absolute atomic E-state index is 11.2. The SMILES string of the molecule is C#CC(C)Oc1cc(C(=O)OC)ccn1. The van der Waals surface area contributed by atoms with Gasteiger partial charge in [0.15, 0.2) is 6.10 Å². The third kappa shape index (κ3) is 2.99. The summed E-state index contributed by atoms with van der Waals surface area (Å²) in [6.07, 6.45) is 6.23. The number of pyridine rings is 1. The van der Waals surface area contributed by atoms with Crippen molar-refractivity contribution in [3.05, 3.63) is 23.9 Å². The summed E-state index contributed by atoms with van der Waals surface area (Å²) in [7, 11) is 1.31. The molecule has 0 aliphatic rings. The smallest absolute Gasteiger partial charge is 0.338 e. The molecule has 4 nitrogen and oxygen atoms in total. The van der Waals surface area contributed by atoms with Crippen LogP contribution in [0.2, 0.25) is 0 Å². The van der Waals surface area contributed by atoms with Crippen molar-refractivity contribution in [2.24, 2.45) is 0 Å². The third-order valence-corrected chi connectivity index (χ3v) is 1.69. The Hall–Kier alpha value is -2.02. The monoisotopic (exact) mass is 205 g/mol. The van der Waals surface area contributed by atoms with Crippen LogP contribution < -0.4 is 4.74 Å². The second kappa shape index (κ2) is 5.01. The van der Waals surface area contributed by atoms with Gasteiger partial charge in [-0.2, -0.15) is 0 Å². The Morgan fingerprint density at radius 1 is 1.67 bits per heavy atom. The van der Waals surface area contributed by atoms with Gasteiger partial charge in [0.05, 0.1) is 12.7 Å². The summed E-state index contributed by atoms with van der Waals surface area (Å²) in [6.45, 7) is 1.71. The lowest BCUT2D eigenvalue weighted by Gasteiger charge is -2.08. The maximum atomic E-state index is 11.2. The van der Waals surface area contributed by atoms with Crippen molar-refractivity contribution in [2.75, 3.05) is 7.11 Å². The Bertz CT molecular complexity index is 395. The number of aromatic nitrogens is 1. The highest BCUT2D eigenvalue weighted by molar-refractivity contribution is 5.89. The Morgan fingerprint density at radius 3 is 3.00 bits per heavy atom. The lowest BCUT2D eigenvalue weighted by atomic mass is 10.3. The van der Waals surface area contributed by atoms with Crippen LogP contribution in [0.4, 0.5) is 0 Å². The molecule has 1 heterocycles. The van der Waals surface area contributed by atoms with Gasteiger partial charge in [0, 0.05) is 12.3 Å². The first-order chi connectivity index (χ1) is 7.17. The van der Waals surface area contributed by atoms with Crippen LogP contribution >= 0.6 is 0 Å². The van der Waals surface area contributed by atoms with Gasteiger partial charge in [-0.1, -0.05) is 5.92 Å². The van der Waals surface area contributed by atoms with E-state index in [1.807, 2.05) is 0 Å². The molecule has 0 saturated carbocycles. The predicted octanol–water partition coefficient (Wildman–Crippen LogP) is 1.27. The molecule has 0 bridgehead atoms. The van der Waals surface area contributed by atoms with Crippen molar-refractivity contribution in [3.63, 3.8) is 0 Å². The molecule has 0 saturated heterocycles. The first-order valence-electron chi connectivity index (χ1n) is 4.34. The van der Waals surface area contributed by atoms with E-state index in [2.05, 4.69) is 15.6 Å². The number of hydrogen-bond acceptors (Lipinski definition) is 4. The van der Waals surface area contributed by atoms with E-state index >= 15 is 0 Å². The Balaban J connectivity index is 2.84. The zero-order chi connectivity index (χ0) is 11.3. The lowest BCUT2D eigenvalue weighted by Crippen LogP contribution is -2.10. The molecule has 1 rings (SSSR count). The minimum Gasteiger partial charge on any atom is -0.465 e. The number of nitrogens with zero attached hydrogens (tertiary/aromatic N) is 1. The number of rotatable bonds is 3. The van der Waals surface area contributed by atoms with E-state index in [1.54, 1.807) is 13.0 Å². The van der Waals surface area contributed by atoms with Gasteiger partial charge in [-0.15, -0.1) is 6.42 Å². The van der Waals surface area contributed by atoms with Crippen LogP contribution in [0.1, 0.15) is 17.3 Å². The third-order valence-electron chi connectivity index (χ3n) is 1.69. The topological polar surface area (TPSA) is 48.4 Å². The molecular formula is C11H11NO3. The van der Waals surface area contributed by atoms with E-state index in [1.165, 1.54) is 19.4 Å². The van der Waals surface area contributed by atoms with Crippen molar-refractivity contribution >= 4 is 5.97 Å². The molecular weight excluding hydrogens is 194 g/mol. The van der Waals surface area contributed by atoms with Gasteiger partial charge in [0.1, 0.15) is 0 Å². The lowest BCUT2D eigenvalue weighted by molar-refractivity contribution is 0.0600. The zero-order valence-electron chi connectivity index (χ0n) is 8.56. The summed E-state index contributed by atoms with van der Waals surface area (Å²) in [4.78, 5) is 15.1. The number of methoxy groups -OCH3 is 1. The van der Waals surface area contributed by atoms with Gasteiger partial charge in [-0.05, 0) is 13.0 Å². The molecule has 0 aliphatic heterocycles. The van der Waals surface area contributed by atoms with Crippen molar-refractivity contribution < 1.29 is 14.3 Å². The van der Waals surface area contributed by atoms with Gasteiger partial charge in [0.25, 0.3) is 0 Å². The van der Waals surface area contributed by atoms with Crippen LogP contribution in [0.25, 0.3) is 0 Å². The van der Waals surface area contributed by atoms with Crippen molar-refractivity contribution in [1.82, 2.24) is 4.98 Å². The Morgan fingerprint density at radius 2 is 2.40 bits per heavy atom. The summed E-state index contributed by atoms with van der Waals surface area (Å²) in [5.41, 5.74) is 0.381. The first-order valence-corrected chi connectivity index (χ1v) is 4.34. The van der Waals surface area contributed by atoms with Crippen LogP contribution in [0, 0.1) is 12.3 Å². The number of terminal acetylenes is 1. The normalized spacial score (nSPS) is 11.3. The first kappa shape index (κ1) is 11.1. The summed E-state index contributed by atoms with van der Waals surface area (Å²) < 4.78 is 9.80. The number of hydrogen-bond donors (Lipinski definition) is 0. The zero-order valence-corrected chi connectivity index (χ0v) is 8.56. The summed E-state index contributed by atoms with van der Waals surface area (Å²) in [6, 6.07) is 3.03. The number of carbonyl (C=O) groups is 1. The molecule has 0 N–H and O–H groups in total. The van der Waals surface area contributed by atoms with E-state index < -0.39 is 5.97 Å². The molecule has 0 amide bonds. The molecule has 0 fully saturated rings. The molecule has 4 heteroatoms. The molecule has 1 aromatic rings. The number of ether oxygens (including phenoxy) is 2. The Labute approximate surface area is 88.2 Å². The van der Waals surface area contributed by atoms with E-state index in [9.17, 15) is 4.79 Å². The van der Waals surface area contributed by atoms with Crippen LogP contribution in [0.5, 0.6) is 5.88 Å². The van der Waals surface area contributed by atoms with Crippen LogP contribution in [-0.4, -0.2) is 24.2 Å². The number of esters is 1. The van der Waals surface area contributed by atoms with E-state index in [0.717, 1.165) is 0 Å². The fourth-order valence-electron chi connectivity index (χ4n) is 0.934. The fourth-order valence-corrected chi connectivity index (χ4v) is 0.934. The highest BCUT2D eigenvalue weighted by Crippen LogP contribution is 2.11. The molecule has 0 aromatic carbocycles. The summed E-state index contributed by atoms with van der Waals surface area (Å²) in [5.74, 6) is 2.27. The average molecular weight is 205 g/mol. The maximum Gasteiger partial charge on any atom is 0.338 e. The van der Waals surface area contributed by atoms with Crippen molar-refractivity contribution in [2.45, 2.75) is 13.0 Å². The molecule has 0 spiro atoms. The summed E-state index contributed by atoms with van der Waals surface area (Å²) in [5, 5.41) is 0. The fraction of sp³-hybridized carbons (Fsp3) is 0.273. The van der Waals surface area contributed by atoms with Crippen LogP contribution in [-0.2, 0) is 4.74 Å². The van der Waals surface area contributed by atoms with Gasteiger partial charge < -0.3 is 9.47 Å². The molecule has 1 atom stereocenters. The van der Waals surface area contributed by atoms with Crippen molar-refractivity contribution in [3.8, 4) is 18.2 Å². The van der Waals surface area contributed by atoms with E-state index in [4.69, 9.17) is 11.2 Å². The summed E-state index contributed by atoms with van der Waals surface area (Å²) >= 11 is 0. The number of carbonyl (C=O) groups excluding carboxylic acids is 1. The highest BCUT2D eigenvalue weighted by atomic mass is 16.5. The van der Waals surface area contributed by atoms with Crippen LogP contribution in [0.3, 0.4) is 0 Å². The predicted molar refractivity (Wildman–Crippen MR) is 54.5 cm³/mol. The minimum absolute atomic E-state index is 0.309. The molecule has 0 aliphatic carbocycles. The second-order valence-electron chi connectivity index (χ2n) is 2.80. The standard InChI is InChI=1S/C11H11NO3/c1-4-8(2)15-10-7-9(5-6-12-10)11(13)14-3/h1,5-8H,2-3H3. The van der Waals surface area contributed by atoms with Gasteiger partial charge in [0.2, 0.25) is 5.88 Å². The average Bonchev–Trinajstić information content (AvgIpc) is 2.28. The quantitative estimate of drug-likeness (QED) is 0.550. The van der Waals surface area contributed by atoms with Crippen molar-refractivity contribution in [1.29, 1.82) is 0 Å². The van der Waals surface area contributed by atoms with E-state index in [-0.39, 0.29) is 6.10 Å². The molecule has 1 aromatic heterocycles. The van der Waals surface area contributed by atoms with Gasteiger partial charge in [-0.3, -0.25) is 0 Å². The van der Waals surface area contributed by atoms with E-state index in [0.29, 0.717) is 11.4 Å². The Kier molecular flexibility index (Phi) is 3.69. The highest BCUT2D eigenvalue weighted by Gasteiger charge is 2.08. The molecule has 78 valence electrons. The largest absolute Gasteiger partial charge is 0.465 e. The molecule has 0 radical (unpaired) electrons. The van der Waals surface area contributed by atoms with Gasteiger partial charge >= 0.3 is 5.97 Å². The second-order valence-corrected chi connectivity index (χ2v) is 2.80. The molecule has 1 unspecified atom stereocenters. The molecule has 15 heavy (non-hydrogen) atoms.